The lowest BCUT2D eigenvalue weighted by Crippen LogP contribution is -2.02. The highest BCUT2D eigenvalue weighted by molar-refractivity contribution is 7.26. The predicted octanol–water partition coefficient (Wildman–Crippen LogP) is 4.61. The van der Waals surface area contributed by atoms with E-state index in [0.29, 0.717) is 0 Å². The summed E-state index contributed by atoms with van der Waals surface area (Å²) in [5, 5.41) is 6.83. The zero-order valence-corrected chi connectivity index (χ0v) is 10.9. The molecule has 0 saturated carbocycles. The molecule has 0 saturated heterocycles. The minimum atomic E-state index is 1.24. The highest BCUT2D eigenvalue weighted by Crippen LogP contribution is 2.43. The van der Waals surface area contributed by atoms with E-state index >= 15 is 0 Å². The third-order valence-electron chi connectivity index (χ3n) is 3.94. The Morgan fingerprint density at radius 3 is 2.21 bits per heavy atom. The Morgan fingerprint density at radius 2 is 1.37 bits per heavy atom. The minimum Gasteiger partial charge on any atom is -0.211 e. The van der Waals surface area contributed by atoms with Crippen molar-refractivity contribution in [2.75, 3.05) is 0 Å². The molecular formula is C17H10NS+. The minimum absolute atomic E-state index is 1.24. The molecule has 0 aliphatic rings. The molecule has 0 aliphatic heterocycles. The monoisotopic (exact) mass is 260 g/mol. The van der Waals surface area contributed by atoms with E-state index in [1.165, 1.54) is 41.8 Å². The molecule has 0 amide bonds. The number of rotatable bonds is 0. The van der Waals surface area contributed by atoms with Gasteiger partial charge in [-0.3, -0.25) is 0 Å². The van der Waals surface area contributed by atoms with Crippen molar-refractivity contribution in [3.63, 3.8) is 0 Å². The van der Waals surface area contributed by atoms with Crippen LogP contribution < -0.4 is 4.98 Å². The van der Waals surface area contributed by atoms with E-state index in [0.717, 1.165) is 0 Å². The summed E-state index contributed by atoms with van der Waals surface area (Å²) in [6.07, 6.45) is 2.01. The average Bonchev–Trinajstić information content (AvgIpc) is 2.86. The van der Waals surface area contributed by atoms with Crippen LogP contribution in [0, 0.1) is 0 Å². The molecule has 0 radical (unpaired) electrons. The van der Waals surface area contributed by atoms with Gasteiger partial charge in [0, 0.05) is 26.2 Å². The van der Waals surface area contributed by atoms with Gasteiger partial charge in [0.25, 0.3) is 0 Å². The standard InChI is InChI=1S/C17H9NS/c1-4-10-11-6-3-9-18-17(11)12-5-2-8-14-16(12)15(10)13(7-1)19-14/h1-9H/p+1. The Kier molecular flexibility index (Phi) is 1.64. The van der Waals surface area contributed by atoms with Gasteiger partial charge in [0.1, 0.15) is 0 Å². The van der Waals surface area contributed by atoms with Crippen LogP contribution in [0.15, 0.2) is 54.7 Å². The smallest absolute Gasteiger partial charge is 0.211 e. The third kappa shape index (κ3) is 1.08. The summed E-state index contributed by atoms with van der Waals surface area (Å²) in [6, 6.07) is 17.5. The number of hydrogen-bond donors (Lipinski definition) is 0. The summed E-state index contributed by atoms with van der Waals surface area (Å²) in [5.41, 5.74) is 1.24. The summed E-state index contributed by atoms with van der Waals surface area (Å²) in [7, 11) is 0. The summed E-state index contributed by atoms with van der Waals surface area (Å²) < 4.78 is 2.76. The number of thiophene rings is 1. The molecule has 2 aromatic heterocycles. The molecule has 3 aromatic carbocycles. The molecule has 5 aromatic rings. The van der Waals surface area contributed by atoms with E-state index in [1.807, 2.05) is 17.5 Å². The number of pyridine rings is 1. The van der Waals surface area contributed by atoms with Crippen molar-refractivity contribution in [3.8, 4) is 0 Å². The number of aromatic nitrogens is 1. The second-order valence-corrected chi connectivity index (χ2v) is 6.00. The van der Waals surface area contributed by atoms with Crippen LogP contribution in [0.1, 0.15) is 0 Å². The normalized spacial score (nSPS) is 12.2. The molecule has 0 aliphatic carbocycles. The number of fused-ring (bicyclic) bond motifs is 3. The molecule has 19 heavy (non-hydrogen) atoms. The first-order valence-electron chi connectivity index (χ1n) is 6.39. The van der Waals surface area contributed by atoms with Gasteiger partial charge in [-0.05, 0) is 29.7 Å². The van der Waals surface area contributed by atoms with Crippen molar-refractivity contribution in [2.45, 2.75) is 0 Å². The first kappa shape index (κ1) is 9.70. The molecule has 0 unspecified atom stereocenters. The Labute approximate surface area is 113 Å². The summed E-state index contributed by atoms with van der Waals surface area (Å²) in [5.74, 6) is 0. The molecule has 1 N–H and O–H groups in total. The van der Waals surface area contributed by atoms with Gasteiger partial charge in [-0.1, -0.05) is 18.2 Å². The Bertz CT molecular complexity index is 974. The highest BCUT2D eigenvalue weighted by Gasteiger charge is 2.17. The maximum absolute atomic E-state index is 3.43. The predicted molar refractivity (Wildman–Crippen MR) is 82.1 cm³/mol. The van der Waals surface area contributed by atoms with E-state index in [4.69, 9.17) is 0 Å². The number of nitrogens with one attached hydrogen (secondary N) is 1. The third-order valence-corrected chi connectivity index (χ3v) is 5.06. The van der Waals surface area contributed by atoms with E-state index in [9.17, 15) is 0 Å². The second kappa shape index (κ2) is 3.22. The largest absolute Gasteiger partial charge is 0.219 e. The molecular weight excluding hydrogens is 250 g/mol. The zero-order chi connectivity index (χ0) is 12.4. The lowest BCUT2D eigenvalue weighted by Gasteiger charge is -2.04. The van der Waals surface area contributed by atoms with E-state index < -0.39 is 0 Å². The van der Waals surface area contributed by atoms with Crippen molar-refractivity contribution < 1.29 is 4.98 Å². The molecule has 0 atom stereocenters. The van der Waals surface area contributed by atoms with Crippen LogP contribution in [-0.4, -0.2) is 0 Å². The highest BCUT2D eigenvalue weighted by atomic mass is 32.1. The van der Waals surface area contributed by atoms with E-state index in [2.05, 4.69) is 53.5 Å². The van der Waals surface area contributed by atoms with Crippen molar-refractivity contribution in [1.29, 1.82) is 0 Å². The molecule has 0 fully saturated rings. The topological polar surface area (TPSA) is 14.1 Å². The maximum atomic E-state index is 3.43. The van der Waals surface area contributed by atoms with E-state index in [-0.39, 0.29) is 0 Å². The quantitative estimate of drug-likeness (QED) is 0.361. The van der Waals surface area contributed by atoms with Crippen LogP contribution in [0.5, 0.6) is 0 Å². The summed E-state index contributed by atoms with van der Waals surface area (Å²) in [4.78, 5) is 3.43. The van der Waals surface area contributed by atoms with Gasteiger partial charge in [0.15, 0.2) is 6.20 Å². The molecule has 2 heteroatoms. The SMILES string of the molecule is c1c[nH+]c2c(c1)c1cccc3sc4cccc2c4c31. The van der Waals surface area contributed by atoms with Crippen LogP contribution in [0.25, 0.3) is 41.8 Å². The first-order chi connectivity index (χ1) is 9.43. The molecule has 0 bridgehead atoms. The van der Waals surface area contributed by atoms with Gasteiger partial charge in [-0.15, -0.1) is 11.3 Å². The van der Waals surface area contributed by atoms with Crippen molar-refractivity contribution in [2.24, 2.45) is 0 Å². The molecule has 2 heterocycles. The Hall–Kier alpha value is -2.19. The fourth-order valence-electron chi connectivity index (χ4n) is 3.18. The van der Waals surface area contributed by atoms with Crippen LogP contribution in [0.3, 0.4) is 0 Å². The lowest BCUT2D eigenvalue weighted by molar-refractivity contribution is -0.343. The van der Waals surface area contributed by atoms with Crippen molar-refractivity contribution >= 4 is 53.2 Å². The number of hydrogen-bond acceptors (Lipinski definition) is 1. The number of aromatic amines is 1. The Balaban J connectivity index is 2.34. The first-order valence-corrected chi connectivity index (χ1v) is 7.21. The fourth-order valence-corrected chi connectivity index (χ4v) is 4.34. The van der Waals surface area contributed by atoms with Crippen LogP contribution in [0.4, 0.5) is 0 Å². The van der Waals surface area contributed by atoms with Crippen molar-refractivity contribution in [3.05, 3.63) is 54.7 Å². The van der Waals surface area contributed by atoms with Crippen LogP contribution in [-0.2, 0) is 0 Å². The number of H-pyrrole nitrogens is 1. The fraction of sp³-hybridized carbons (Fsp3) is 0. The lowest BCUT2D eigenvalue weighted by atomic mass is 9.97. The van der Waals surface area contributed by atoms with Crippen LogP contribution in [0.2, 0.25) is 0 Å². The average molecular weight is 260 g/mol. The number of benzene rings is 3. The molecule has 1 nitrogen and oxygen atoms in total. The summed E-state index contributed by atoms with van der Waals surface area (Å²) >= 11 is 1.89. The maximum Gasteiger partial charge on any atom is 0.219 e. The van der Waals surface area contributed by atoms with Gasteiger partial charge in [0.2, 0.25) is 5.52 Å². The zero-order valence-electron chi connectivity index (χ0n) is 10.1. The Morgan fingerprint density at radius 1 is 0.684 bits per heavy atom. The molecule has 5 rings (SSSR count). The van der Waals surface area contributed by atoms with Gasteiger partial charge < -0.3 is 0 Å². The van der Waals surface area contributed by atoms with Gasteiger partial charge >= 0.3 is 0 Å². The second-order valence-electron chi connectivity index (χ2n) is 4.92. The molecule has 88 valence electrons. The van der Waals surface area contributed by atoms with Crippen molar-refractivity contribution in [1.82, 2.24) is 0 Å². The van der Waals surface area contributed by atoms with Gasteiger partial charge in [-0.25, -0.2) is 4.98 Å². The van der Waals surface area contributed by atoms with Gasteiger partial charge in [0.05, 0.1) is 10.8 Å². The van der Waals surface area contributed by atoms with Crippen LogP contribution >= 0.6 is 11.3 Å². The van der Waals surface area contributed by atoms with E-state index in [1.54, 1.807) is 0 Å². The summed E-state index contributed by atoms with van der Waals surface area (Å²) in [6.45, 7) is 0. The van der Waals surface area contributed by atoms with Gasteiger partial charge in [-0.2, -0.15) is 0 Å². The molecule has 0 spiro atoms.